The molecule has 3 rings (SSSR count). The van der Waals surface area contributed by atoms with E-state index >= 15 is 0 Å². The van der Waals surface area contributed by atoms with Gasteiger partial charge in [0.05, 0.1) is 19.3 Å². The van der Waals surface area contributed by atoms with Crippen molar-refractivity contribution in [2.45, 2.75) is 97.7 Å². The lowest BCUT2D eigenvalue weighted by atomic mass is 9.47. The maximum absolute atomic E-state index is 14.1. The van der Waals surface area contributed by atoms with Crippen molar-refractivity contribution in [3.05, 3.63) is 24.3 Å². The van der Waals surface area contributed by atoms with E-state index in [9.17, 15) is 24.3 Å². The zero-order valence-electron chi connectivity index (χ0n) is 26.5. The van der Waals surface area contributed by atoms with Gasteiger partial charge in [-0.05, 0) is 43.8 Å². The highest BCUT2D eigenvalue weighted by molar-refractivity contribution is 6.00. The Morgan fingerprint density at radius 3 is 2.42 bits per heavy atom. The Morgan fingerprint density at radius 2 is 1.81 bits per heavy atom. The molecule has 11 nitrogen and oxygen atoms in total. The molecular weight excluding hydrogens is 554 g/mol. The van der Waals surface area contributed by atoms with Crippen molar-refractivity contribution in [2.24, 2.45) is 34.3 Å². The maximum atomic E-state index is 14.1. The highest BCUT2D eigenvalue weighted by Crippen LogP contribution is 2.60. The highest BCUT2D eigenvalue weighted by atomic mass is 16.7. The normalized spacial score (nSPS) is 34.1. The van der Waals surface area contributed by atoms with Gasteiger partial charge in [0.15, 0.2) is 23.5 Å². The first kappa shape index (κ1) is 35.0. The lowest BCUT2D eigenvalue weighted by Crippen LogP contribution is -2.65. The summed E-state index contributed by atoms with van der Waals surface area (Å²) >= 11 is 0. The number of hydrogen-bond donors (Lipinski definition) is 4. The average molecular weight is 606 g/mol. The van der Waals surface area contributed by atoms with Gasteiger partial charge >= 0.3 is 0 Å². The van der Waals surface area contributed by atoms with Gasteiger partial charge in [-0.25, -0.2) is 0 Å². The Balaban J connectivity index is 1.84. The smallest absolute Gasteiger partial charge is 0.244 e. The van der Waals surface area contributed by atoms with Gasteiger partial charge in [0.2, 0.25) is 11.8 Å². The van der Waals surface area contributed by atoms with Gasteiger partial charge in [-0.3, -0.25) is 19.2 Å². The largest absolute Gasteiger partial charge is 0.393 e. The van der Waals surface area contributed by atoms with Crippen molar-refractivity contribution >= 4 is 23.4 Å². The third kappa shape index (κ3) is 7.28. The van der Waals surface area contributed by atoms with E-state index in [0.717, 1.165) is 19.3 Å². The zero-order chi connectivity index (χ0) is 32.0. The van der Waals surface area contributed by atoms with Crippen molar-refractivity contribution in [1.29, 1.82) is 0 Å². The molecule has 1 saturated carbocycles. The number of rotatable bonds is 14. The Kier molecular flexibility index (Phi) is 11.9. The van der Waals surface area contributed by atoms with Crippen LogP contribution in [0.4, 0.5) is 0 Å². The molecule has 11 heteroatoms. The number of nitrogens with two attached hydrogens (primary N) is 1. The Bertz CT molecular complexity index is 1080. The van der Waals surface area contributed by atoms with Crippen LogP contribution in [0.2, 0.25) is 0 Å². The third-order valence-corrected chi connectivity index (χ3v) is 9.95. The lowest BCUT2D eigenvalue weighted by molar-refractivity contribution is -0.206. The minimum atomic E-state index is -1.37. The quantitative estimate of drug-likeness (QED) is 0.171. The molecule has 0 aromatic heterocycles. The van der Waals surface area contributed by atoms with Crippen LogP contribution in [-0.4, -0.2) is 79.0 Å². The summed E-state index contributed by atoms with van der Waals surface area (Å²) in [6.45, 7) is 11.1. The van der Waals surface area contributed by atoms with Crippen molar-refractivity contribution in [3.63, 3.8) is 0 Å². The van der Waals surface area contributed by atoms with Crippen LogP contribution in [0.3, 0.4) is 0 Å². The molecule has 2 aliphatic carbocycles. The number of hydrogen-bond acceptors (Lipinski definition) is 9. The van der Waals surface area contributed by atoms with Crippen LogP contribution in [0.5, 0.6) is 0 Å². The predicted octanol–water partition coefficient (Wildman–Crippen LogP) is 2.16. The molecule has 2 amide bonds. The van der Waals surface area contributed by atoms with Crippen LogP contribution in [-0.2, 0) is 33.4 Å². The van der Waals surface area contributed by atoms with Crippen LogP contribution in [0.25, 0.3) is 0 Å². The molecule has 0 radical (unpaired) electrons. The molecule has 5 N–H and O–H groups in total. The van der Waals surface area contributed by atoms with Gasteiger partial charge in [0.25, 0.3) is 0 Å². The Hall–Kier alpha value is -2.44. The van der Waals surface area contributed by atoms with E-state index in [-0.39, 0.29) is 55.8 Å². The van der Waals surface area contributed by atoms with Crippen LogP contribution in [0.15, 0.2) is 24.3 Å². The summed E-state index contributed by atoms with van der Waals surface area (Å²) in [5.74, 6) is -1.51. The Morgan fingerprint density at radius 1 is 1.16 bits per heavy atom. The maximum Gasteiger partial charge on any atom is 0.244 e. The summed E-state index contributed by atoms with van der Waals surface area (Å²) < 4.78 is 18.2. The fourth-order valence-electron chi connectivity index (χ4n) is 7.39. The first-order valence-corrected chi connectivity index (χ1v) is 15.6. The van der Waals surface area contributed by atoms with Gasteiger partial charge < -0.3 is 35.7 Å². The average Bonchev–Trinajstić information content (AvgIpc) is 3.41. The summed E-state index contributed by atoms with van der Waals surface area (Å²) in [6.07, 6.45) is 9.07. The fraction of sp³-hybridized carbons (Fsp3) is 0.750. The molecule has 2 fully saturated rings. The van der Waals surface area contributed by atoms with E-state index in [4.69, 9.17) is 19.9 Å². The number of Topliss-reactive ketones (excluding diaryl/α,β-unsaturated/α-hetero) is 1. The summed E-state index contributed by atoms with van der Waals surface area (Å²) in [5, 5.41) is 16.9. The van der Waals surface area contributed by atoms with Crippen LogP contribution < -0.4 is 16.4 Å². The van der Waals surface area contributed by atoms with E-state index in [0.29, 0.717) is 12.8 Å². The molecule has 242 valence electrons. The van der Waals surface area contributed by atoms with Crippen molar-refractivity contribution in [3.8, 4) is 0 Å². The van der Waals surface area contributed by atoms with Gasteiger partial charge in [-0.1, -0.05) is 66.0 Å². The molecule has 3 aliphatic rings. The third-order valence-electron chi connectivity index (χ3n) is 9.95. The first-order valence-electron chi connectivity index (χ1n) is 15.6. The van der Waals surface area contributed by atoms with Crippen LogP contribution in [0.1, 0.15) is 73.6 Å². The SMILES string of the molecule is CCCC1OCC(C(=O)COCNC(=O)C(C)NC(=O)CN)(C2(C)CC(O)C(C3(C)C=CC(=O)C=C3)C(CCC)C2C)O1. The molecule has 8 atom stereocenters. The summed E-state index contributed by atoms with van der Waals surface area (Å²) in [4.78, 5) is 49.9. The molecule has 43 heavy (non-hydrogen) atoms. The van der Waals surface area contributed by atoms with E-state index in [1.54, 1.807) is 12.2 Å². The van der Waals surface area contributed by atoms with Crippen molar-refractivity contribution in [2.75, 3.05) is 26.5 Å². The first-order chi connectivity index (χ1) is 20.3. The van der Waals surface area contributed by atoms with Crippen molar-refractivity contribution < 1.29 is 38.5 Å². The molecule has 8 unspecified atom stereocenters. The molecule has 0 spiro atoms. The second-order valence-corrected chi connectivity index (χ2v) is 12.8. The minimum absolute atomic E-state index is 0.0233. The standard InChI is InChI=1S/C32H51N3O8/c1-7-9-23-20(3)31(6,15-24(37)28(23)30(5)13-11-22(36)12-14-30)32(18-42-27(43-32)10-8-2)25(38)17-41-19-34-29(40)21(4)35-26(39)16-33/h11-14,20-21,23-24,27-28,37H,7-10,15-19,33H2,1-6H3,(H,34,40)(H,35,39). The molecule has 1 saturated heterocycles. The van der Waals surface area contributed by atoms with Gasteiger partial charge in [0, 0.05) is 16.7 Å². The number of aliphatic hydroxyl groups is 1. The molecule has 1 aliphatic heterocycles. The van der Waals surface area contributed by atoms with Crippen LogP contribution in [0, 0.1) is 28.6 Å². The molecule has 1 heterocycles. The van der Waals surface area contributed by atoms with E-state index < -0.39 is 46.7 Å². The number of carbonyl (C=O) groups excluding carboxylic acids is 4. The number of ether oxygens (including phenoxy) is 3. The van der Waals surface area contributed by atoms with E-state index in [1.807, 2.05) is 26.0 Å². The number of allylic oxidation sites excluding steroid dienone is 4. The second kappa shape index (κ2) is 14.6. The molecule has 0 aromatic rings. The molecule has 0 bridgehead atoms. The Labute approximate surface area is 255 Å². The molecule has 0 aromatic carbocycles. The van der Waals surface area contributed by atoms with Gasteiger partial charge in [-0.2, -0.15) is 0 Å². The fourth-order valence-corrected chi connectivity index (χ4v) is 7.39. The lowest BCUT2D eigenvalue weighted by Gasteiger charge is -2.59. The summed E-state index contributed by atoms with van der Waals surface area (Å²) in [5.41, 5.74) is 2.60. The summed E-state index contributed by atoms with van der Waals surface area (Å²) in [6, 6.07) is -0.816. The highest BCUT2D eigenvalue weighted by Gasteiger charge is 2.66. The number of aliphatic hydroxyl groups excluding tert-OH is 1. The zero-order valence-corrected chi connectivity index (χ0v) is 26.5. The van der Waals surface area contributed by atoms with Crippen LogP contribution >= 0.6 is 0 Å². The topological polar surface area (TPSA) is 166 Å². The predicted molar refractivity (Wildman–Crippen MR) is 160 cm³/mol. The van der Waals surface area contributed by atoms with E-state index in [1.165, 1.54) is 6.92 Å². The second-order valence-electron chi connectivity index (χ2n) is 12.8. The van der Waals surface area contributed by atoms with E-state index in [2.05, 4.69) is 31.4 Å². The van der Waals surface area contributed by atoms with Crippen molar-refractivity contribution in [1.82, 2.24) is 10.6 Å². The van der Waals surface area contributed by atoms with Gasteiger partial charge in [-0.15, -0.1) is 0 Å². The number of carbonyl (C=O) groups is 4. The minimum Gasteiger partial charge on any atom is -0.393 e. The number of amides is 2. The monoisotopic (exact) mass is 605 g/mol. The number of nitrogens with one attached hydrogen (secondary N) is 2. The number of ketones is 2. The summed E-state index contributed by atoms with van der Waals surface area (Å²) in [7, 11) is 0. The van der Waals surface area contributed by atoms with Gasteiger partial charge in [0.1, 0.15) is 19.4 Å². The molecular formula is C32H51N3O8.